The number of carbonyl (C=O) groups excluding carboxylic acids is 1. The quantitative estimate of drug-likeness (QED) is 0.782. The summed E-state index contributed by atoms with van der Waals surface area (Å²) in [5.74, 6) is 0.998. The Morgan fingerprint density at radius 1 is 1.35 bits per heavy atom. The molecule has 0 aromatic heterocycles. The van der Waals surface area contributed by atoms with Crippen molar-refractivity contribution in [3.63, 3.8) is 0 Å². The molecule has 0 radical (unpaired) electrons. The van der Waals surface area contributed by atoms with Crippen molar-refractivity contribution >= 4 is 5.91 Å². The summed E-state index contributed by atoms with van der Waals surface area (Å²) in [6.45, 7) is 3.42. The summed E-state index contributed by atoms with van der Waals surface area (Å²) in [5, 5.41) is 6.32. The normalized spacial score (nSPS) is 22.2. The first-order valence-electron chi connectivity index (χ1n) is 7.47. The second-order valence-electron chi connectivity index (χ2n) is 5.36. The average Bonchev–Trinajstić information content (AvgIpc) is 2.48. The number of piperidine rings is 1. The molecule has 0 aliphatic carbocycles. The van der Waals surface area contributed by atoms with E-state index in [9.17, 15) is 4.79 Å². The summed E-state index contributed by atoms with van der Waals surface area (Å²) < 4.78 is 5.58. The van der Waals surface area contributed by atoms with Gasteiger partial charge >= 0.3 is 0 Å². The Hall–Kier alpha value is -1.55. The minimum Gasteiger partial charge on any atom is -0.494 e. The largest absolute Gasteiger partial charge is 0.494 e. The zero-order valence-corrected chi connectivity index (χ0v) is 12.1. The van der Waals surface area contributed by atoms with Crippen LogP contribution in [0.25, 0.3) is 0 Å². The maximum Gasteiger partial charge on any atom is 0.237 e. The van der Waals surface area contributed by atoms with E-state index in [1.807, 2.05) is 30.3 Å². The molecular weight excluding hydrogens is 252 g/mol. The number of rotatable bonds is 6. The topological polar surface area (TPSA) is 50.4 Å². The second kappa shape index (κ2) is 7.90. The van der Waals surface area contributed by atoms with Gasteiger partial charge in [0.2, 0.25) is 5.91 Å². The molecule has 1 aliphatic rings. The van der Waals surface area contributed by atoms with Crippen molar-refractivity contribution in [3.8, 4) is 5.75 Å². The highest BCUT2D eigenvalue weighted by atomic mass is 16.5. The van der Waals surface area contributed by atoms with E-state index in [-0.39, 0.29) is 11.9 Å². The number of amides is 1. The molecule has 0 spiro atoms. The van der Waals surface area contributed by atoms with Gasteiger partial charge in [-0.05, 0) is 44.7 Å². The van der Waals surface area contributed by atoms with Gasteiger partial charge in [-0.25, -0.2) is 0 Å². The predicted octanol–water partition coefficient (Wildman–Crippen LogP) is 2.10. The lowest BCUT2D eigenvalue weighted by Crippen LogP contribution is -2.50. The van der Waals surface area contributed by atoms with Crippen molar-refractivity contribution in [3.05, 3.63) is 30.3 Å². The summed E-state index contributed by atoms with van der Waals surface area (Å²) >= 11 is 0. The van der Waals surface area contributed by atoms with Gasteiger partial charge < -0.3 is 15.4 Å². The van der Waals surface area contributed by atoms with Crippen LogP contribution < -0.4 is 15.4 Å². The Morgan fingerprint density at radius 3 is 2.90 bits per heavy atom. The van der Waals surface area contributed by atoms with Gasteiger partial charge in [-0.2, -0.15) is 0 Å². The Kier molecular flexibility index (Phi) is 5.87. The third kappa shape index (κ3) is 4.85. The van der Waals surface area contributed by atoms with Gasteiger partial charge in [0.05, 0.1) is 12.6 Å². The molecule has 4 heteroatoms. The molecule has 20 heavy (non-hydrogen) atoms. The lowest BCUT2D eigenvalue weighted by atomic mass is 9.99. The summed E-state index contributed by atoms with van der Waals surface area (Å²) in [6, 6.07) is 10.2. The van der Waals surface area contributed by atoms with Crippen LogP contribution in [0, 0.1) is 0 Å². The van der Waals surface area contributed by atoms with Crippen LogP contribution in [0.1, 0.15) is 32.6 Å². The first kappa shape index (κ1) is 14.9. The third-order valence-corrected chi connectivity index (χ3v) is 3.56. The Bertz CT molecular complexity index is 408. The van der Waals surface area contributed by atoms with E-state index in [0.29, 0.717) is 19.2 Å². The SMILES string of the molecule is CC1CCCC(C(=O)NCCCOc2ccccc2)N1. The minimum absolute atomic E-state index is 0.0196. The number of carbonyl (C=O) groups is 1. The lowest BCUT2D eigenvalue weighted by molar-refractivity contribution is -0.123. The van der Waals surface area contributed by atoms with Crippen LogP contribution in [0.15, 0.2) is 30.3 Å². The number of ether oxygens (including phenoxy) is 1. The molecule has 1 aromatic carbocycles. The molecule has 1 heterocycles. The van der Waals surface area contributed by atoms with E-state index >= 15 is 0 Å². The molecule has 2 unspecified atom stereocenters. The maximum absolute atomic E-state index is 12.0. The molecule has 2 rings (SSSR count). The minimum atomic E-state index is -0.0196. The lowest BCUT2D eigenvalue weighted by Gasteiger charge is -2.27. The fraction of sp³-hybridized carbons (Fsp3) is 0.562. The molecule has 1 amide bonds. The zero-order valence-electron chi connectivity index (χ0n) is 12.1. The molecule has 0 bridgehead atoms. The van der Waals surface area contributed by atoms with Crippen LogP contribution in [0.4, 0.5) is 0 Å². The van der Waals surface area contributed by atoms with Crippen LogP contribution >= 0.6 is 0 Å². The highest BCUT2D eigenvalue weighted by Crippen LogP contribution is 2.12. The average molecular weight is 276 g/mol. The van der Waals surface area contributed by atoms with Crippen molar-refractivity contribution in [2.45, 2.75) is 44.7 Å². The number of hydrogen-bond acceptors (Lipinski definition) is 3. The van der Waals surface area contributed by atoms with Crippen molar-refractivity contribution in [1.82, 2.24) is 10.6 Å². The van der Waals surface area contributed by atoms with Gasteiger partial charge in [0, 0.05) is 12.6 Å². The molecule has 110 valence electrons. The molecule has 2 atom stereocenters. The van der Waals surface area contributed by atoms with E-state index in [1.165, 1.54) is 0 Å². The van der Waals surface area contributed by atoms with Gasteiger partial charge in [0.25, 0.3) is 0 Å². The molecule has 1 fully saturated rings. The van der Waals surface area contributed by atoms with E-state index in [4.69, 9.17) is 4.74 Å². The van der Waals surface area contributed by atoms with E-state index in [2.05, 4.69) is 17.6 Å². The number of hydrogen-bond donors (Lipinski definition) is 2. The molecule has 1 saturated heterocycles. The molecule has 0 saturated carbocycles. The summed E-state index contributed by atoms with van der Waals surface area (Å²) in [5.41, 5.74) is 0. The van der Waals surface area contributed by atoms with Crippen LogP contribution in [-0.4, -0.2) is 31.1 Å². The predicted molar refractivity (Wildman–Crippen MR) is 79.8 cm³/mol. The van der Waals surface area contributed by atoms with Crippen molar-refractivity contribution < 1.29 is 9.53 Å². The molecule has 1 aromatic rings. The van der Waals surface area contributed by atoms with Gasteiger partial charge in [0.15, 0.2) is 0 Å². The summed E-state index contributed by atoms with van der Waals surface area (Å²) in [7, 11) is 0. The first-order valence-corrected chi connectivity index (χ1v) is 7.47. The number of para-hydroxylation sites is 1. The summed E-state index contributed by atoms with van der Waals surface area (Å²) in [4.78, 5) is 12.0. The zero-order chi connectivity index (χ0) is 14.2. The van der Waals surface area contributed by atoms with Crippen LogP contribution in [0.3, 0.4) is 0 Å². The fourth-order valence-corrected chi connectivity index (χ4v) is 2.46. The molecule has 1 aliphatic heterocycles. The molecule has 2 N–H and O–H groups in total. The van der Waals surface area contributed by atoms with Crippen molar-refractivity contribution in [2.75, 3.05) is 13.2 Å². The Morgan fingerprint density at radius 2 is 2.15 bits per heavy atom. The maximum atomic E-state index is 12.0. The van der Waals surface area contributed by atoms with Crippen molar-refractivity contribution in [2.24, 2.45) is 0 Å². The Labute approximate surface area is 120 Å². The monoisotopic (exact) mass is 276 g/mol. The van der Waals surface area contributed by atoms with Crippen molar-refractivity contribution in [1.29, 1.82) is 0 Å². The number of nitrogens with one attached hydrogen (secondary N) is 2. The summed E-state index contributed by atoms with van der Waals surface area (Å²) in [6.07, 6.45) is 4.05. The Balaban J connectivity index is 1.57. The third-order valence-electron chi connectivity index (χ3n) is 3.56. The van der Waals surface area contributed by atoms with Gasteiger partial charge in [-0.1, -0.05) is 18.2 Å². The van der Waals surface area contributed by atoms with Crippen LogP contribution in [-0.2, 0) is 4.79 Å². The standard InChI is InChI=1S/C16H24N2O2/c1-13-7-5-10-15(18-13)16(19)17-11-6-12-20-14-8-3-2-4-9-14/h2-4,8-9,13,15,18H,5-7,10-12H2,1H3,(H,17,19). The smallest absolute Gasteiger partial charge is 0.237 e. The first-order chi connectivity index (χ1) is 9.75. The number of benzene rings is 1. The molecular formula is C16H24N2O2. The highest BCUT2D eigenvalue weighted by molar-refractivity contribution is 5.81. The fourth-order valence-electron chi connectivity index (χ4n) is 2.46. The molecule has 4 nitrogen and oxygen atoms in total. The van der Waals surface area contributed by atoms with Gasteiger partial charge in [-0.15, -0.1) is 0 Å². The second-order valence-corrected chi connectivity index (χ2v) is 5.36. The van der Waals surface area contributed by atoms with Gasteiger partial charge in [0.1, 0.15) is 5.75 Å². The highest BCUT2D eigenvalue weighted by Gasteiger charge is 2.23. The van der Waals surface area contributed by atoms with Crippen LogP contribution in [0.5, 0.6) is 5.75 Å². The van der Waals surface area contributed by atoms with E-state index in [1.54, 1.807) is 0 Å². The van der Waals surface area contributed by atoms with E-state index < -0.39 is 0 Å². The van der Waals surface area contributed by atoms with Gasteiger partial charge in [-0.3, -0.25) is 4.79 Å². The van der Waals surface area contributed by atoms with Crippen LogP contribution in [0.2, 0.25) is 0 Å². The van der Waals surface area contributed by atoms with E-state index in [0.717, 1.165) is 31.4 Å².